The van der Waals surface area contributed by atoms with Gasteiger partial charge in [0.2, 0.25) is 5.88 Å². The van der Waals surface area contributed by atoms with Crippen molar-refractivity contribution in [2.45, 2.75) is 26.2 Å². The Morgan fingerprint density at radius 3 is 2.39 bits per heavy atom. The van der Waals surface area contributed by atoms with Crippen molar-refractivity contribution in [3.05, 3.63) is 52.6 Å². The molecule has 0 amide bonds. The summed E-state index contributed by atoms with van der Waals surface area (Å²) < 4.78 is 6.65. The number of ether oxygens (including phenoxy) is 1. The number of benzene rings is 1. The smallest absolute Gasteiger partial charge is 0.220 e. The molecule has 0 N–H and O–H groups in total. The van der Waals surface area contributed by atoms with Crippen molar-refractivity contribution in [3.8, 4) is 11.6 Å². The lowest BCUT2D eigenvalue weighted by molar-refractivity contribution is 0.439. The summed E-state index contributed by atoms with van der Waals surface area (Å²) in [7, 11) is 0. The maximum absolute atomic E-state index is 5.88. The lowest BCUT2D eigenvalue weighted by atomic mass is 9.86. The second-order valence-corrected chi connectivity index (χ2v) is 5.96. The van der Waals surface area contributed by atoms with Gasteiger partial charge in [-0.3, -0.25) is 0 Å². The molecule has 2 aromatic rings. The quantitative estimate of drug-likeness (QED) is 0.734. The van der Waals surface area contributed by atoms with Crippen molar-refractivity contribution in [1.82, 2.24) is 4.98 Å². The van der Waals surface area contributed by atoms with Crippen molar-refractivity contribution in [2.75, 3.05) is 0 Å². The molecule has 18 heavy (non-hydrogen) atoms. The third-order valence-electron chi connectivity index (χ3n) is 2.60. The summed E-state index contributed by atoms with van der Waals surface area (Å²) in [6.07, 6.45) is 0. The molecule has 0 saturated heterocycles. The van der Waals surface area contributed by atoms with Crippen LogP contribution < -0.4 is 4.74 Å². The largest absolute Gasteiger partial charge is 0.439 e. The predicted octanol–water partition coefficient (Wildman–Crippen LogP) is 4.93. The predicted molar refractivity (Wildman–Crippen MR) is 77.2 cm³/mol. The van der Waals surface area contributed by atoms with E-state index in [0.29, 0.717) is 5.88 Å². The van der Waals surface area contributed by atoms with Gasteiger partial charge in [0.1, 0.15) is 10.4 Å². The maximum atomic E-state index is 5.88. The highest BCUT2D eigenvalue weighted by atomic mass is 79.9. The Bertz CT molecular complexity index is 546. The zero-order valence-corrected chi connectivity index (χ0v) is 12.4. The van der Waals surface area contributed by atoms with Gasteiger partial charge >= 0.3 is 0 Å². The van der Waals surface area contributed by atoms with Gasteiger partial charge in [-0.2, -0.15) is 0 Å². The Kier molecular flexibility index (Phi) is 3.71. The zero-order chi connectivity index (χ0) is 13.2. The zero-order valence-electron chi connectivity index (χ0n) is 10.8. The van der Waals surface area contributed by atoms with E-state index in [0.717, 1.165) is 10.4 Å². The first-order valence-electron chi connectivity index (χ1n) is 5.87. The molecule has 0 fully saturated rings. The lowest BCUT2D eigenvalue weighted by Crippen LogP contribution is -2.12. The van der Waals surface area contributed by atoms with Crippen LogP contribution in [0.3, 0.4) is 0 Å². The molecule has 0 saturated carbocycles. The molecule has 0 aliphatic heterocycles. The maximum Gasteiger partial charge on any atom is 0.220 e. The first kappa shape index (κ1) is 13.1. The summed E-state index contributed by atoms with van der Waals surface area (Å²) in [5.74, 6) is 1.46. The van der Waals surface area contributed by atoms with Crippen LogP contribution in [0.15, 0.2) is 47.1 Å². The SMILES string of the molecule is CC(C)(C)c1ccccc1Oc1cccc(Br)n1. The van der Waals surface area contributed by atoms with E-state index in [-0.39, 0.29) is 5.41 Å². The van der Waals surface area contributed by atoms with Crippen LogP contribution in [0.4, 0.5) is 0 Å². The van der Waals surface area contributed by atoms with Gasteiger partial charge in [0.25, 0.3) is 0 Å². The van der Waals surface area contributed by atoms with Gasteiger partial charge in [0.05, 0.1) is 0 Å². The molecule has 2 rings (SSSR count). The fourth-order valence-electron chi connectivity index (χ4n) is 1.73. The average molecular weight is 306 g/mol. The molecule has 0 aliphatic carbocycles. The second kappa shape index (κ2) is 5.11. The standard InChI is InChI=1S/C15H16BrNO/c1-15(2,3)11-7-4-5-8-12(11)18-14-10-6-9-13(16)17-14/h4-10H,1-3H3. The molecule has 3 heteroatoms. The number of rotatable bonds is 2. The number of hydrogen-bond acceptors (Lipinski definition) is 2. The Morgan fingerprint density at radius 1 is 1.00 bits per heavy atom. The van der Waals surface area contributed by atoms with E-state index in [1.165, 1.54) is 5.56 Å². The molecular formula is C15H16BrNO. The Hall–Kier alpha value is -1.35. The number of halogens is 1. The topological polar surface area (TPSA) is 22.1 Å². The summed E-state index contributed by atoms with van der Waals surface area (Å²) >= 11 is 3.34. The van der Waals surface area contributed by atoms with Crippen molar-refractivity contribution in [2.24, 2.45) is 0 Å². The third-order valence-corrected chi connectivity index (χ3v) is 3.04. The second-order valence-electron chi connectivity index (χ2n) is 5.15. The van der Waals surface area contributed by atoms with E-state index >= 15 is 0 Å². The summed E-state index contributed by atoms with van der Waals surface area (Å²) in [6, 6.07) is 13.7. The Labute approximate surface area is 116 Å². The monoisotopic (exact) mass is 305 g/mol. The number of hydrogen-bond donors (Lipinski definition) is 0. The molecule has 1 heterocycles. The van der Waals surface area contributed by atoms with Crippen molar-refractivity contribution in [3.63, 3.8) is 0 Å². The molecule has 2 nitrogen and oxygen atoms in total. The fourth-order valence-corrected chi connectivity index (χ4v) is 2.06. The van der Waals surface area contributed by atoms with Crippen molar-refractivity contribution in [1.29, 1.82) is 0 Å². The Morgan fingerprint density at radius 2 is 1.72 bits per heavy atom. The Balaban J connectivity index is 2.35. The molecule has 1 aromatic heterocycles. The molecule has 94 valence electrons. The van der Waals surface area contributed by atoms with Gasteiger partial charge in [0, 0.05) is 11.6 Å². The summed E-state index contributed by atoms with van der Waals surface area (Å²) in [5.41, 5.74) is 1.22. The van der Waals surface area contributed by atoms with Crippen LogP contribution >= 0.6 is 15.9 Å². The van der Waals surface area contributed by atoms with E-state index in [9.17, 15) is 0 Å². The van der Waals surface area contributed by atoms with Gasteiger partial charge in [-0.1, -0.05) is 45.0 Å². The van der Waals surface area contributed by atoms with Gasteiger partial charge in [0.15, 0.2) is 0 Å². The molecule has 0 unspecified atom stereocenters. The highest BCUT2D eigenvalue weighted by Crippen LogP contribution is 2.33. The van der Waals surface area contributed by atoms with E-state index in [1.807, 2.05) is 36.4 Å². The van der Waals surface area contributed by atoms with E-state index in [4.69, 9.17) is 4.74 Å². The first-order valence-corrected chi connectivity index (χ1v) is 6.66. The van der Waals surface area contributed by atoms with Gasteiger partial charge < -0.3 is 4.74 Å². The third kappa shape index (κ3) is 3.10. The van der Waals surface area contributed by atoms with Crippen LogP contribution in [0.1, 0.15) is 26.3 Å². The van der Waals surface area contributed by atoms with Crippen LogP contribution in [0.25, 0.3) is 0 Å². The van der Waals surface area contributed by atoms with Gasteiger partial charge in [-0.25, -0.2) is 4.98 Å². The molecular weight excluding hydrogens is 290 g/mol. The molecule has 0 spiro atoms. The van der Waals surface area contributed by atoms with E-state index in [2.05, 4.69) is 47.8 Å². The van der Waals surface area contributed by atoms with Crippen LogP contribution in [-0.4, -0.2) is 4.98 Å². The molecule has 0 atom stereocenters. The summed E-state index contributed by atoms with van der Waals surface area (Å²) in [6.45, 7) is 6.51. The van der Waals surface area contributed by atoms with Crippen LogP contribution in [0.5, 0.6) is 11.6 Å². The van der Waals surface area contributed by atoms with Crippen LogP contribution in [0.2, 0.25) is 0 Å². The molecule has 1 aromatic carbocycles. The average Bonchev–Trinajstić information content (AvgIpc) is 2.28. The molecule has 0 bridgehead atoms. The summed E-state index contributed by atoms with van der Waals surface area (Å²) in [4.78, 5) is 4.29. The number of pyridine rings is 1. The fraction of sp³-hybridized carbons (Fsp3) is 0.267. The molecule has 0 aliphatic rings. The van der Waals surface area contributed by atoms with E-state index < -0.39 is 0 Å². The number of nitrogens with zero attached hydrogens (tertiary/aromatic N) is 1. The first-order chi connectivity index (χ1) is 8.47. The van der Waals surface area contributed by atoms with Gasteiger partial charge in [-0.15, -0.1) is 0 Å². The summed E-state index contributed by atoms with van der Waals surface area (Å²) in [5, 5.41) is 0. The number of para-hydroxylation sites is 1. The molecule has 0 radical (unpaired) electrons. The minimum atomic E-state index is 0.0443. The van der Waals surface area contributed by atoms with Crippen LogP contribution in [0, 0.1) is 0 Å². The minimum Gasteiger partial charge on any atom is -0.439 e. The minimum absolute atomic E-state index is 0.0443. The van der Waals surface area contributed by atoms with Crippen molar-refractivity contribution < 1.29 is 4.74 Å². The van der Waals surface area contributed by atoms with Crippen LogP contribution in [-0.2, 0) is 5.41 Å². The normalized spacial score (nSPS) is 11.3. The highest BCUT2D eigenvalue weighted by Gasteiger charge is 2.18. The number of aromatic nitrogens is 1. The van der Waals surface area contributed by atoms with E-state index in [1.54, 1.807) is 0 Å². The van der Waals surface area contributed by atoms with Crippen molar-refractivity contribution >= 4 is 15.9 Å². The lowest BCUT2D eigenvalue weighted by Gasteiger charge is -2.22. The highest BCUT2D eigenvalue weighted by molar-refractivity contribution is 9.10. The van der Waals surface area contributed by atoms with Gasteiger partial charge in [-0.05, 0) is 33.5 Å².